The van der Waals surface area contributed by atoms with E-state index in [4.69, 9.17) is 27.9 Å². The quantitative estimate of drug-likeness (QED) is 0.246. The van der Waals surface area contributed by atoms with Crippen LogP contribution in [0.3, 0.4) is 0 Å². The number of benzene rings is 3. The molecule has 0 heterocycles. The van der Waals surface area contributed by atoms with Gasteiger partial charge >= 0.3 is 0 Å². The van der Waals surface area contributed by atoms with E-state index in [0.29, 0.717) is 27.8 Å². The second-order valence-corrected chi connectivity index (χ2v) is 12.4. The number of hydrogen-bond acceptors (Lipinski definition) is 5. The Kier molecular flexibility index (Phi) is 11.6. The zero-order valence-electron chi connectivity index (χ0n) is 23.8. The number of anilines is 1. The molecule has 226 valence electrons. The summed E-state index contributed by atoms with van der Waals surface area (Å²) in [6.45, 7) is 4.79. The predicted molar refractivity (Wildman–Crippen MR) is 163 cm³/mol. The lowest BCUT2D eigenvalue weighted by molar-refractivity contribution is -0.140. The SMILES string of the molecule is CC[C@H](C)NC(=O)[C@H](CC)N(Cc1ccc(Cl)cc1Cl)C(=O)CN(c1ccc(F)cc1)S(=O)(=O)c1ccc(OC)cc1. The molecule has 0 radical (unpaired) electrons. The topological polar surface area (TPSA) is 96.0 Å². The molecule has 42 heavy (non-hydrogen) atoms. The number of hydrogen-bond donors (Lipinski definition) is 1. The molecule has 2 atom stereocenters. The highest BCUT2D eigenvalue weighted by Gasteiger charge is 2.34. The van der Waals surface area contributed by atoms with Crippen molar-refractivity contribution in [3.05, 3.63) is 88.2 Å². The number of halogens is 3. The van der Waals surface area contributed by atoms with Gasteiger partial charge in [0, 0.05) is 22.6 Å². The Labute approximate surface area is 256 Å². The van der Waals surface area contributed by atoms with Crippen molar-refractivity contribution in [2.45, 2.75) is 57.1 Å². The number of carbonyl (C=O) groups is 2. The molecule has 0 fully saturated rings. The van der Waals surface area contributed by atoms with Crippen molar-refractivity contribution in [2.24, 2.45) is 0 Å². The summed E-state index contributed by atoms with van der Waals surface area (Å²) in [6.07, 6.45) is 0.929. The Morgan fingerprint density at radius 3 is 2.17 bits per heavy atom. The van der Waals surface area contributed by atoms with Crippen LogP contribution in [0, 0.1) is 5.82 Å². The number of carbonyl (C=O) groups excluding carboxylic acids is 2. The first-order chi connectivity index (χ1) is 19.9. The summed E-state index contributed by atoms with van der Waals surface area (Å²) >= 11 is 12.5. The zero-order chi connectivity index (χ0) is 31.0. The monoisotopic (exact) mass is 637 g/mol. The third kappa shape index (κ3) is 8.14. The average Bonchev–Trinajstić information content (AvgIpc) is 2.97. The highest BCUT2D eigenvalue weighted by atomic mass is 35.5. The minimum absolute atomic E-state index is 0.0714. The lowest BCUT2D eigenvalue weighted by Crippen LogP contribution is -2.53. The minimum atomic E-state index is -4.32. The van der Waals surface area contributed by atoms with Gasteiger partial charge in [-0.25, -0.2) is 12.8 Å². The number of methoxy groups -OCH3 is 1. The molecule has 0 saturated heterocycles. The van der Waals surface area contributed by atoms with Crippen LogP contribution < -0.4 is 14.4 Å². The Balaban J connectivity index is 2.08. The molecule has 0 unspecified atom stereocenters. The summed E-state index contributed by atoms with van der Waals surface area (Å²) in [5.74, 6) is -1.16. The zero-order valence-corrected chi connectivity index (χ0v) is 26.1. The minimum Gasteiger partial charge on any atom is -0.497 e. The van der Waals surface area contributed by atoms with Gasteiger partial charge in [-0.1, -0.05) is 43.1 Å². The van der Waals surface area contributed by atoms with Crippen LogP contribution in [0.25, 0.3) is 0 Å². The van der Waals surface area contributed by atoms with E-state index in [0.717, 1.165) is 16.4 Å². The highest BCUT2D eigenvalue weighted by molar-refractivity contribution is 7.92. The van der Waals surface area contributed by atoms with Crippen molar-refractivity contribution in [2.75, 3.05) is 18.0 Å². The van der Waals surface area contributed by atoms with Gasteiger partial charge < -0.3 is 15.0 Å². The van der Waals surface area contributed by atoms with E-state index in [1.54, 1.807) is 19.1 Å². The molecule has 1 N–H and O–H groups in total. The standard InChI is InChI=1S/C30H34Cl2FN3O5S/c1-5-20(3)34-30(38)28(6-2)35(18-21-7-8-22(31)17-27(21)32)29(37)19-36(24-11-9-23(33)10-12-24)42(39,40)26-15-13-25(41-4)14-16-26/h7-17,20,28H,5-6,18-19H2,1-4H3,(H,34,38)/t20-,28-/m0/s1. The fraction of sp³-hybridized carbons (Fsp3) is 0.333. The van der Waals surface area contributed by atoms with E-state index < -0.39 is 34.3 Å². The van der Waals surface area contributed by atoms with Crippen LogP contribution in [0.4, 0.5) is 10.1 Å². The van der Waals surface area contributed by atoms with Gasteiger partial charge in [0.05, 0.1) is 17.7 Å². The van der Waals surface area contributed by atoms with E-state index in [2.05, 4.69) is 5.32 Å². The normalized spacial score (nSPS) is 12.7. The van der Waals surface area contributed by atoms with E-state index in [-0.39, 0.29) is 35.5 Å². The van der Waals surface area contributed by atoms with Gasteiger partial charge in [-0.05, 0) is 86.0 Å². The number of nitrogens with one attached hydrogen (secondary N) is 1. The van der Waals surface area contributed by atoms with Gasteiger partial charge in [-0.15, -0.1) is 0 Å². The Bertz CT molecular complexity index is 1490. The molecule has 3 rings (SSSR count). The maximum atomic E-state index is 14.1. The van der Waals surface area contributed by atoms with Crippen molar-refractivity contribution in [3.8, 4) is 5.75 Å². The first-order valence-corrected chi connectivity index (χ1v) is 15.6. The van der Waals surface area contributed by atoms with Crippen molar-refractivity contribution >= 4 is 50.7 Å². The second-order valence-electron chi connectivity index (χ2n) is 9.66. The summed E-state index contributed by atoms with van der Waals surface area (Å²) < 4.78 is 47.6. The fourth-order valence-electron chi connectivity index (χ4n) is 4.21. The fourth-order valence-corrected chi connectivity index (χ4v) is 6.09. The Hall–Kier alpha value is -3.34. The van der Waals surface area contributed by atoms with Crippen LogP contribution in [0.15, 0.2) is 71.6 Å². The predicted octanol–water partition coefficient (Wildman–Crippen LogP) is 6.06. The second kappa shape index (κ2) is 14.7. The third-order valence-electron chi connectivity index (χ3n) is 6.78. The molecule has 0 aliphatic rings. The van der Waals surface area contributed by atoms with Crippen LogP contribution in [0.1, 0.15) is 39.2 Å². The lowest BCUT2D eigenvalue weighted by atomic mass is 10.1. The van der Waals surface area contributed by atoms with Crippen LogP contribution in [-0.2, 0) is 26.2 Å². The van der Waals surface area contributed by atoms with Gasteiger partial charge in [-0.2, -0.15) is 0 Å². The molecule has 0 aromatic heterocycles. The first kappa shape index (κ1) is 33.2. The van der Waals surface area contributed by atoms with Gasteiger partial charge in [0.15, 0.2) is 0 Å². The number of sulfonamides is 1. The lowest BCUT2D eigenvalue weighted by Gasteiger charge is -2.34. The molecule has 12 heteroatoms. The molecule has 2 amide bonds. The number of nitrogens with zero attached hydrogens (tertiary/aromatic N) is 2. The average molecular weight is 639 g/mol. The van der Waals surface area contributed by atoms with Gasteiger partial charge in [-0.3, -0.25) is 13.9 Å². The molecule has 0 spiro atoms. The highest BCUT2D eigenvalue weighted by Crippen LogP contribution is 2.28. The number of rotatable bonds is 13. The molecule has 0 saturated carbocycles. The van der Waals surface area contributed by atoms with Crippen LogP contribution in [0.2, 0.25) is 10.0 Å². The summed E-state index contributed by atoms with van der Waals surface area (Å²) in [5.41, 5.74) is 0.595. The van der Waals surface area contributed by atoms with Crippen molar-refractivity contribution in [1.82, 2.24) is 10.2 Å². The van der Waals surface area contributed by atoms with Crippen molar-refractivity contribution in [3.63, 3.8) is 0 Å². The van der Waals surface area contributed by atoms with Gasteiger partial charge in [0.1, 0.15) is 24.2 Å². The largest absolute Gasteiger partial charge is 0.497 e. The summed E-state index contributed by atoms with van der Waals surface area (Å²) in [5, 5.41) is 3.60. The number of ether oxygens (including phenoxy) is 1. The summed E-state index contributed by atoms with van der Waals surface area (Å²) in [7, 11) is -2.86. The molecule has 3 aromatic rings. The van der Waals surface area contributed by atoms with Crippen LogP contribution in [0.5, 0.6) is 5.75 Å². The van der Waals surface area contributed by atoms with Gasteiger partial charge in [0.25, 0.3) is 10.0 Å². The molecular formula is C30H34Cl2FN3O5S. The van der Waals surface area contributed by atoms with Gasteiger partial charge in [0.2, 0.25) is 11.8 Å². The summed E-state index contributed by atoms with van der Waals surface area (Å²) in [6, 6.07) is 14.2. The van der Waals surface area contributed by atoms with E-state index >= 15 is 0 Å². The molecule has 0 aliphatic carbocycles. The Morgan fingerprint density at radius 1 is 0.976 bits per heavy atom. The smallest absolute Gasteiger partial charge is 0.264 e. The molecule has 3 aromatic carbocycles. The number of amides is 2. The van der Waals surface area contributed by atoms with Crippen molar-refractivity contribution in [1.29, 1.82) is 0 Å². The molecule has 8 nitrogen and oxygen atoms in total. The third-order valence-corrected chi connectivity index (χ3v) is 9.16. The van der Waals surface area contributed by atoms with E-state index in [1.807, 2.05) is 13.8 Å². The van der Waals surface area contributed by atoms with Crippen molar-refractivity contribution < 1.29 is 27.1 Å². The first-order valence-electron chi connectivity index (χ1n) is 13.4. The maximum absolute atomic E-state index is 14.1. The Morgan fingerprint density at radius 2 is 1.62 bits per heavy atom. The maximum Gasteiger partial charge on any atom is 0.264 e. The molecule has 0 bridgehead atoms. The van der Waals surface area contributed by atoms with Crippen LogP contribution >= 0.6 is 23.2 Å². The molecular weight excluding hydrogens is 604 g/mol. The van der Waals surface area contributed by atoms with Crippen LogP contribution in [-0.4, -0.2) is 50.9 Å². The van der Waals surface area contributed by atoms with E-state index in [1.165, 1.54) is 54.5 Å². The summed E-state index contributed by atoms with van der Waals surface area (Å²) in [4.78, 5) is 28.6. The van der Waals surface area contributed by atoms with E-state index in [9.17, 15) is 22.4 Å². The molecule has 0 aliphatic heterocycles.